The molecule has 0 aliphatic carbocycles. The molecule has 3 heteroatoms. The van der Waals surface area contributed by atoms with Gasteiger partial charge in [0.2, 0.25) is 0 Å². The lowest BCUT2D eigenvalue weighted by Crippen LogP contribution is -2.12. The van der Waals surface area contributed by atoms with E-state index >= 15 is 0 Å². The average Bonchev–Trinajstić information content (AvgIpc) is 2.43. The first kappa shape index (κ1) is 13.9. The Morgan fingerprint density at radius 1 is 1.21 bits per heavy atom. The van der Waals surface area contributed by atoms with E-state index in [1.807, 2.05) is 37.3 Å². The van der Waals surface area contributed by atoms with Gasteiger partial charge in [-0.1, -0.05) is 53.2 Å². The highest BCUT2D eigenvalue weighted by molar-refractivity contribution is 9.10. The summed E-state index contributed by atoms with van der Waals surface area (Å²) in [5, 5.41) is 0. The number of carbonyl (C=O) groups excluding carboxylic acids is 1. The van der Waals surface area contributed by atoms with Crippen molar-refractivity contribution in [2.24, 2.45) is 0 Å². The smallest absolute Gasteiger partial charge is 0.144 e. The molecule has 0 bridgehead atoms. The Labute approximate surface area is 120 Å². The molecule has 19 heavy (non-hydrogen) atoms. The van der Waals surface area contributed by atoms with Crippen molar-refractivity contribution >= 4 is 21.7 Å². The fourth-order valence-electron chi connectivity index (χ4n) is 1.95. The van der Waals surface area contributed by atoms with Gasteiger partial charge in [0.25, 0.3) is 0 Å². The highest BCUT2D eigenvalue weighted by Gasteiger charge is 2.16. The molecular weight excluding hydrogens is 307 g/mol. The molecule has 0 aromatic heterocycles. The molecule has 0 fully saturated rings. The van der Waals surface area contributed by atoms with Crippen molar-refractivity contribution in [1.82, 2.24) is 0 Å². The van der Waals surface area contributed by atoms with Crippen LogP contribution in [-0.4, -0.2) is 5.78 Å². The average molecular weight is 321 g/mol. The number of carbonyl (C=O) groups is 1. The zero-order chi connectivity index (χ0) is 13.8. The Balaban J connectivity index is 2.15. The van der Waals surface area contributed by atoms with Gasteiger partial charge in [-0.05, 0) is 29.3 Å². The van der Waals surface area contributed by atoms with E-state index in [0.717, 1.165) is 10.0 Å². The minimum Gasteiger partial charge on any atom is -0.299 e. The molecule has 2 aromatic rings. The molecule has 1 atom stereocenters. The molecule has 1 nitrogen and oxygen atoms in total. The van der Waals surface area contributed by atoms with E-state index in [1.54, 1.807) is 6.07 Å². The molecule has 0 heterocycles. The van der Waals surface area contributed by atoms with Crippen LogP contribution in [0, 0.1) is 5.82 Å². The van der Waals surface area contributed by atoms with Crippen molar-refractivity contribution in [3.05, 3.63) is 69.9 Å². The Kier molecular flexibility index (Phi) is 4.48. The number of Topliss-reactive ketones (excluding diaryl/α,β-unsaturated/α-hetero) is 1. The third-order valence-corrected chi connectivity index (χ3v) is 3.93. The maximum Gasteiger partial charge on any atom is 0.144 e. The van der Waals surface area contributed by atoms with Gasteiger partial charge >= 0.3 is 0 Å². The summed E-state index contributed by atoms with van der Waals surface area (Å²) < 4.78 is 14.0. The Morgan fingerprint density at radius 3 is 2.58 bits per heavy atom. The normalized spacial score (nSPS) is 12.2. The summed E-state index contributed by atoms with van der Waals surface area (Å²) in [4.78, 5) is 12.2. The van der Waals surface area contributed by atoms with E-state index in [1.165, 1.54) is 12.1 Å². The number of hydrogen-bond donors (Lipinski definition) is 0. The van der Waals surface area contributed by atoms with Crippen LogP contribution in [-0.2, 0) is 11.2 Å². The van der Waals surface area contributed by atoms with Gasteiger partial charge in [0.15, 0.2) is 0 Å². The van der Waals surface area contributed by atoms with Crippen molar-refractivity contribution in [2.75, 3.05) is 0 Å². The van der Waals surface area contributed by atoms with Crippen LogP contribution in [0.5, 0.6) is 0 Å². The van der Waals surface area contributed by atoms with E-state index in [-0.39, 0.29) is 23.9 Å². The van der Waals surface area contributed by atoms with Gasteiger partial charge in [-0.2, -0.15) is 0 Å². The highest BCUT2D eigenvalue weighted by atomic mass is 79.9. The predicted octanol–water partition coefficient (Wildman–Crippen LogP) is 4.50. The minimum absolute atomic E-state index is 0.0810. The van der Waals surface area contributed by atoms with Gasteiger partial charge in [-0.25, -0.2) is 4.39 Å². The number of halogens is 2. The first-order valence-corrected chi connectivity index (χ1v) is 6.89. The van der Waals surface area contributed by atoms with Crippen LogP contribution in [0.25, 0.3) is 0 Å². The largest absolute Gasteiger partial charge is 0.299 e. The van der Waals surface area contributed by atoms with Gasteiger partial charge in [0.1, 0.15) is 11.6 Å². The zero-order valence-electron chi connectivity index (χ0n) is 10.6. The zero-order valence-corrected chi connectivity index (χ0v) is 12.2. The number of benzene rings is 2. The second-order valence-corrected chi connectivity index (χ2v) is 5.37. The van der Waals surface area contributed by atoms with Gasteiger partial charge in [0.05, 0.1) is 0 Å². The lowest BCUT2D eigenvalue weighted by Gasteiger charge is -2.11. The summed E-state index contributed by atoms with van der Waals surface area (Å²) in [7, 11) is 0. The van der Waals surface area contributed by atoms with Crippen LogP contribution in [0.1, 0.15) is 24.0 Å². The van der Waals surface area contributed by atoms with Crippen molar-refractivity contribution in [1.29, 1.82) is 0 Å². The Bertz CT molecular complexity index is 581. The van der Waals surface area contributed by atoms with Crippen LogP contribution in [0.2, 0.25) is 0 Å². The van der Waals surface area contributed by atoms with Crippen LogP contribution in [0.3, 0.4) is 0 Å². The predicted molar refractivity (Wildman–Crippen MR) is 77.7 cm³/mol. The molecule has 2 rings (SSSR count). The monoisotopic (exact) mass is 320 g/mol. The van der Waals surface area contributed by atoms with E-state index < -0.39 is 0 Å². The first-order valence-electron chi connectivity index (χ1n) is 6.09. The fraction of sp³-hybridized carbons (Fsp3) is 0.188. The molecule has 0 N–H and O–H groups in total. The summed E-state index contributed by atoms with van der Waals surface area (Å²) in [5.41, 5.74) is 1.67. The molecule has 98 valence electrons. The van der Waals surface area contributed by atoms with Crippen LogP contribution in [0.4, 0.5) is 4.39 Å². The lowest BCUT2D eigenvalue weighted by molar-refractivity contribution is -0.119. The van der Waals surface area contributed by atoms with Gasteiger partial charge < -0.3 is 0 Å². The minimum atomic E-state index is -0.321. The number of ketones is 1. The van der Waals surface area contributed by atoms with E-state index in [4.69, 9.17) is 0 Å². The van der Waals surface area contributed by atoms with Crippen LogP contribution in [0.15, 0.2) is 53.0 Å². The topological polar surface area (TPSA) is 17.1 Å². The van der Waals surface area contributed by atoms with Gasteiger partial charge in [0, 0.05) is 16.8 Å². The third kappa shape index (κ3) is 3.51. The summed E-state index contributed by atoms with van der Waals surface area (Å²) >= 11 is 3.35. The van der Waals surface area contributed by atoms with Crippen molar-refractivity contribution in [2.45, 2.75) is 19.3 Å². The summed E-state index contributed by atoms with van der Waals surface area (Å²) in [6, 6.07) is 14.0. The number of rotatable bonds is 4. The molecule has 0 aliphatic heterocycles. The second kappa shape index (κ2) is 6.11. The van der Waals surface area contributed by atoms with Crippen molar-refractivity contribution < 1.29 is 9.18 Å². The van der Waals surface area contributed by atoms with Crippen LogP contribution >= 0.6 is 15.9 Å². The summed E-state index contributed by atoms with van der Waals surface area (Å²) in [5.74, 6) is -0.424. The van der Waals surface area contributed by atoms with E-state index in [0.29, 0.717) is 5.56 Å². The van der Waals surface area contributed by atoms with Gasteiger partial charge in [-0.15, -0.1) is 0 Å². The molecule has 0 saturated carbocycles. The molecule has 0 amide bonds. The Hall–Kier alpha value is -1.48. The maximum absolute atomic E-state index is 13.2. The molecule has 0 radical (unpaired) electrons. The summed E-state index contributed by atoms with van der Waals surface area (Å²) in [6.07, 6.45) is 0.231. The first-order chi connectivity index (χ1) is 9.08. The van der Waals surface area contributed by atoms with E-state index in [9.17, 15) is 9.18 Å². The van der Waals surface area contributed by atoms with Crippen molar-refractivity contribution in [3.8, 4) is 0 Å². The molecule has 0 spiro atoms. The molecule has 0 saturated heterocycles. The summed E-state index contributed by atoms with van der Waals surface area (Å²) in [6.45, 7) is 1.88. The SMILES string of the molecule is CC(C(=O)Cc1cc(F)ccc1Br)c1ccccc1. The standard InChI is InChI=1S/C16H14BrFO/c1-11(12-5-3-2-4-6-12)16(19)10-13-9-14(18)7-8-15(13)17/h2-9,11H,10H2,1H3. The quantitative estimate of drug-likeness (QED) is 0.810. The molecule has 0 aliphatic rings. The highest BCUT2D eigenvalue weighted by Crippen LogP contribution is 2.22. The lowest BCUT2D eigenvalue weighted by atomic mass is 9.93. The second-order valence-electron chi connectivity index (χ2n) is 4.51. The van der Waals surface area contributed by atoms with Crippen LogP contribution < -0.4 is 0 Å². The van der Waals surface area contributed by atoms with E-state index in [2.05, 4.69) is 15.9 Å². The molecule has 2 aromatic carbocycles. The molecular formula is C16H14BrFO. The third-order valence-electron chi connectivity index (χ3n) is 3.15. The number of hydrogen-bond acceptors (Lipinski definition) is 1. The molecule has 1 unspecified atom stereocenters. The van der Waals surface area contributed by atoms with Crippen molar-refractivity contribution in [3.63, 3.8) is 0 Å². The fourth-order valence-corrected chi connectivity index (χ4v) is 2.33. The Morgan fingerprint density at radius 2 is 1.89 bits per heavy atom. The maximum atomic E-state index is 13.2. The van der Waals surface area contributed by atoms with Gasteiger partial charge in [-0.3, -0.25) is 4.79 Å².